The van der Waals surface area contributed by atoms with Crippen molar-refractivity contribution >= 4 is 11.8 Å². The number of fused-ring (bicyclic) bond motifs is 1. The van der Waals surface area contributed by atoms with E-state index in [0.717, 1.165) is 24.8 Å². The molecule has 0 aromatic rings. The van der Waals surface area contributed by atoms with E-state index in [9.17, 15) is 9.59 Å². The molecule has 1 fully saturated rings. The highest BCUT2D eigenvalue weighted by molar-refractivity contribution is 5.95. The van der Waals surface area contributed by atoms with E-state index in [-0.39, 0.29) is 11.8 Å². The van der Waals surface area contributed by atoms with Crippen molar-refractivity contribution in [2.75, 3.05) is 7.11 Å². The molecular weight excluding hydrogens is 228 g/mol. The first-order valence-corrected chi connectivity index (χ1v) is 6.82. The van der Waals surface area contributed by atoms with E-state index < -0.39 is 5.41 Å². The number of carbonyl (C=O) groups is 2. The Hall–Kier alpha value is -1.12. The van der Waals surface area contributed by atoms with E-state index in [2.05, 4.69) is 13.8 Å². The van der Waals surface area contributed by atoms with E-state index >= 15 is 0 Å². The van der Waals surface area contributed by atoms with Crippen molar-refractivity contribution in [1.82, 2.24) is 0 Å². The van der Waals surface area contributed by atoms with Crippen LogP contribution in [-0.2, 0) is 14.3 Å². The molecule has 0 bridgehead atoms. The fourth-order valence-electron chi connectivity index (χ4n) is 3.38. The van der Waals surface area contributed by atoms with E-state index in [1.54, 1.807) is 6.08 Å². The summed E-state index contributed by atoms with van der Waals surface area (Å²) >= 11 is 0. The van der Waals surface area contributed by atoms with Gasteiger partial charge in [-0.15, -0.1) is 0 Å². The summed E-state index contributed by atoms with van der Waals surface area (Å²) in [5, 5.41) is 0. The van der Waals surface area contributed by atoms with Gasteiger partial charge in [-0.05, 0) is 49.2 Å². The minimum Gasteiger partial charge on any atom is -0.468 e. The van der Waals surface area contributed by atoms with Crippen LogP contribution in [0, 0.1) is 17.3 Å². The molecule has 3 unspecified atom stereocenters. The van der Waals surface area contributed by atoms with E-state index in [1.165, 1.54) is 7.11 Å². The number of esters is 1. The summed E-state index contributed by atoms with van der Waals surface area (Å²) < 4.78 is 5.03. The van der Waals surface area contributed by atoms with Crippen LogP contribution in [0.5, 0.6) is 0 Å². The Kier molecular flexibility index (Phi) is 3.60. The zero-order chi connectivity index (χ0) is 13.3. The zero-order valence-electron chi connectivity index (χ0n) is 11.5. The minimum atomic E-state index is -0.521. The average molecular weight is 250 g/mol. The van der Waals surface area contributed by atoms with Gasteiger partial charge in [-0.3, -0.25) is 9.59 Å². The van der Waals surface area contributed by atoms with E-state index in [4.69, 9.17) is 4.74 Å². The lowest BCUT2D eigenvalue weighted by Crippen LogP contribution is -2.38. The zero-order valence-corrected chi connectivity index (χ0v) is 11.5. The Labute approximate surface area is 109 Å². The Balaban J connectivity index is 2.43. The molecule has 3 heteroatoms. The number of allylic oxidation sites excluding steroid dienone is 1. The average Bonchev–Trinajstić information content (AvgIpc) is 2.48. The SMILES string of the molecule is COC(=O)C12CCC(=O)C=C1CCC(C)C(C)C2. The van der Waals surface area contributed by atoms with Crippen molar-refractivity contribution in [2.24, 2.45) is 17.3 Å². The predicted molar refractivity (Wildman–Crippen MR) is 69.0 cm³/mol. The molecular formula is C15H22O3. The van der Waals surface area contributed by atoms with Crippen molar-refractivity contribution < 1.29 is 14.3 Å². The van der Waals surface area contributed by atoms with Gasteiger partial charge in [-0.25, -0.2) is 0 Å². The maximum absolute atomic E-state index is 12.3. The lowest BCUT2D eigenvalue weighted by molar-refractivity contribution is -0.152. The standard InChI is InChI=1S/C15H22O3/c1-10-4-5-12-8-13(16)6-7-15(12,9-11(10)2)14(17)18-3/h8,10-11H,4-7,9H2,1-3H3. The third-order valence-corrected chi connectivity index (χ3v) is 4.84. The predicted octanol–water partition coefficient (Wildman–Crippen LogP) is 2.89. The van der Waals surface area contributed by atoms with Crippen LogP contribution < -0.4 is 0 Å². The number of hydrogen-bond acceptors (Lipinski definition) is 3. The second-order valence-corrected chi connectivity index (χ2v) is 5.91. The van der Waals surface area contributed by atoms with Crippen LogP contribution in [0.4, 0.5) is 0 Å². The van der Waals surface area contributed by atoms with Crippen LogP contribution in [0.25, 0.3) is 0 Å². The van der Waals surface area contributed by atoms with Gasteiger partial charge in [0.2, 0.25) is 0 Å². The second-order valence-electron chi connectivity index (χ2n) is 5.91. The number of ketones is 1. The normalized spacial score (nSPS) is 36.4. The highest BCUT2D eigenvalue weighted by Crippen LogP contribution is 2.49. The fourth-order valence-corrected chi connectivity index (χ4v) is 3.38. The smallest absolute Gasteiger partial charge is 0.315 e. The Morgan fingerprint density at radius 2 is 2.06 bits per heavy atom. The van der Waals surface area contributed by atoms with Gasteiger partial charge in [-0.1, -0.05) is 13.8 Å². The molecule has 2 rings (SSSR count). The topological polar surface area (TPSA) is 43.4 Å². The summed E-state index contributed by atoms with van der Waals surface area (Å²) in [6.07, 6.45) is 5.54. The highest BCUT2D eigenvalue weighted by Gasteiger charge is 2.48. The maximum Gasteiger partial charge on any atom is 0.315 e. The number of rotatable bonds is 1. The fraction of sp³-hybridized carbons (Fsp3) is 0.733. The number of carbonyl (C=O) groups excluding carboxylic acids is 2. The monoisotopic (exact) mass is 250 g/mol. The van der Waals surface area contributed by atoms with Crippen molar-refractivity contribution in [3.8, 4) is 0 Å². The minimum absolute atomic E-state index is 0.151. The van der Waals surface area contributed by atoms with Crippen molar-refractivity contribution in [3.05, 3.63) is 11.6 Å². The van der Waals surface area contributed by atoms with Crippen molar-refractivity contribution in [3.63, 3.8) is 0 Å². The third-order valence-electron chi connectivity index (χ3n) is 4.84. The lowest BCUT2D eigenvalue weighted by atomic mass is 9.67. The van der Waals surface area contributed by atoms with Crippen LogP contribution in [0.1, 0.15) is 46.0 Å². The maximum atomic E-state index is 12.3. The first-order valence-electron chi connectivity index (χ1n) is 6.82. The molecule has 0 aromatic heterocycles. The Bertz CT molecular complexity index is 397. The summed E-state index contributed by atoms with van der Waals surface area (Å²) in [6, 6.07) is 0. The quantitative estimate of drug-likeness (QED) is 0.672. The summed E-state index contributed by atoms with van der Waals surface area (Å²) in [4.78, 5) is 23.9. The molecule has 0 saturated heterocycles. The summed E-state index contributed by atoms with van der Waals surface area (Å²) in [7, 11) is 1.45. The van der Waals surface area contributed by atoms with Gasteiger partial charge < -0.3 is 4.74 Å². The lowest BCUT2D eigenvalue weighted by Gasteiger charge is -2.36. The number of hydrogen-bond donors (Lipinski definition) is 0. The van der Waals surface area contributed by atoms with Gasteiger partial charge in [0.15, 0.2) is 5.78 Å². The van der Waals surface area contributed by atoms with Gasteiger partial charge in [0.05, 0.1) is 12.5 Å². The van der Waals surface area contributed by atoms with Gasteiger partial charge in [0.25, 0.3) is 0 Å². The van der Waals surface area contributed by atoms with Crippen LogP contribution in [0.2, 0.25) is 0 Å². The number of methoxy groups -OCH3 is 1. The molecule has 0 amide bonds. The molecule has 3 nitrogen and oxygen atoms in total. The summed E-state index contributed by atoms with van der Waals surface area (Å²) in [5.74, 6) is 1.09. The summed E-state index contributed by atoms with van der Waals surface area (Å²) in [6.45, 7) is 4.43. The molecule has 2 aliphatic carbocycles. The first-order chi connectivity index (χ1) is 8.49. The second kappa shape index (κ2) is 4.87. The first kappa shape index (κ1) is 13.3. The molecule has 2 aliphatic rings. The molecule has 1 saturated carbocycles. The van der Waals surface area contributed by atoms with Gasteiger partial charge in [0, 0.05) is 6.42 Å². The molecule has 0 aliphatic heterocycles. The van der Waals surface area contributed by atoms with E-state index in [0.29, 0.717) is 24.7 Å². The van der Waals surface area contributed by atoms with Crippen LogP contribution in [-0.4, -0.2) is 18.9 Å². The third kappa shape index (κ3) is 2.11. The van der Waals surface area contributed by atoms with Crippen molar-refractivity contribution in [2.45, 2.75) is 46.0 Å². The highest BCUT2D eigenvalue weighted by atomic mass is 16.5. The largest absolute Gasteiger partial charge is 0.468 e. The van der Waals surface area contributed by atoms with Gasteiger partial charge >= 0.3 is 5.97 Å². The van der Waals surface area contributed by atoms with Gasteiger partial charge in [-0.2, -0.15) is 0 Å². The van der Waals surface area contributed by atoms with Crippen LogP contribution in [0.15, 0.2) is 11.6 Å². The summed E-state index contributed by atoms with van der Waals surface area (Å²) in [5.41, 5.74) is 0.495. The Morgan fingerprint density at radius 1 is 1.33 bits per heavy atom. The Morgan fingerprint density at radius 3 is 2.72 bits per heavy atom. The van der Waals surface area contributed by atoms with E-state index in [1.807, 2.05) is 0 Å². The van der Waals surface area contributed by atoms with Crippen LogP contribution >= 0.6 is 0 Å². The molecule has 0 radical (unpaired) electrons. The molecule has 0 N–H and O–H groups in total. The molecule has 0 aromatic carbocycles. The molecule has 0 spiro atoms. The number of ether oxygens (including phenoxy) is 1. The van der Waals surface area contributed by atoms with Gasteiger partial charge in [0.1, 0.15) is 0 Å². The molecule has 18 heavy (non-hydrogen) atoms. The van der Waals surface area contributed by atoms with Crippen molar-refractivity contribution in [1.29, 1.82) is 0 Å². The molecule has 100 valence electrons. The molecule has 3 atom stereocenters. The molecule has 0 heterocycles. The van der Waals surface area contributed by atoms with Crippen LogP contribution in [0.3, 0.4) is 0 Å².